The molecule has 0 fully saturated rings. The number of carbonyl (C=O) groups excluding carboxylic acids is 2. The Labute approximate surface area is 185 Å². The van der Waals surface area contributed by atoms with Gasteiger partial charge >= 0.3 is 0 Å². The van der Waals surface area contributed by atoms with Gasteiger partial charge in [0.05, 0.1) is 24.3 Å². The number of aryl methyl sites for hydroxylation is 1. The van der Waals surface area contributed by atoms with Crippen LogP contribution >= 0.6 is 0 Å². The molecule has 0 saturated carbocycles. The summed E-state index contributed by atoms with van der Waals surface area (Å²) in [5.74, 6) is -0.158. The molecule has 2 amide bonds. The van der Waals surface area contributed by atoms with Crippen LogP contribution in [-0.4, -0.2) is 44.2 Å². The molecule has 2 heterocycles. The van der Waals surface area contributed by atoms with Crippen molar-refractivity contribution in [2.45, 2.75) is 13.1 Å². The quantitative estimate of drug-likeness (QED) is 0.275. The molecule has 3 rings (SSSR count). The summed E-state index contributed by atoms with van der Waals surface area (Å²) in [4.78, 5) is 39.7. The predicted molar refractivity (Wildman–Crippen MR) is 118 cm³/mol. The molecule has 0 radical (unpaired) electrons. The van der Waals surface area contributed by atoms with E-state index in [-0.39, 0.29) is 36.8 Å². The smallest absolute Gasteiger partial charge is 0.270 e. The van der Waals surface area contributed by atoms with Crippen molar-refractivity contribution in [1.82, 2.24) is 14.4 Å². The summed E-state index contributed by atoms with van der Waals surface area (Å²) in [7, 11) is 1.89. The van der Waals surface area contributed by atoms with Crippen LogP contribution in [0.5, 0.6) is 0 Å². The first-order valence-corrected chi connectivity index (χ1v) is 9.94. The number of hydrogen-bond acceptors (Lipinski definition) is 5. The van der Waals surface area contributed by atoms with Crippen molar-refractivity contribution in [3.05, 3.63) is 101 Å². The molecule has 9 nitrogen and oxygen atoms in total. The van der Waals surface area contributed by atoms with E-state index >= 15 is 0 Å². The third-order valence-electron chi connectivity index (χ3n) is 4.95. The zero-order valence-electron chi connectivity index (χ0n) is 17.7. The molecule has 0 bridgehead atoms. The molecule has 0 saturated heterocycles. The van der Waals surface area contributed by atoms with E-state index in [9.17, 15) is 19.7 Å². The Morgan fingerprint density at radius 3 is 2.59 bits per heavy atom. The van der Waals surface area contributed by atoms with Gasteiger partial charge in [-0.05, 0) is 30.3 Å². The molecule has 0 atom stereocenters. The summed E-state index contributed by atoms with van der Waals surface area (Å²) in [6.45, 7) is 4.14. The molecule has 32 heavy (non-hydrogen) atoms. The number of benzene rings is 1. The van der Waals surface area contributed by atoms with Gasteiger partial charge in [0.25, 0.3) is 11.6 Å². The molecule has 166 valence electrons. The van der Waals surface area contributed by atoms with Crippen molar-refractivity contribution in [2.24, 2.45) is 7.05 Å². The fraction of sp³-hybridized carbons (Fsp3) is 0.217. The number of nitro benzene ring substituents is 1. The second kappa shape index (κ2) is 10.3. The largest absolute Gasteiger partial charge is 0.467 e. The number of amides is 2. The summed E-state index contributed by atoms with van der Waals surface area (Å²) < 4.78 is 7.32. The molecule has 1 aromatic carbocycles. The molecule has 0 aliphatic rings. The summed E-state index contributed by atoms with van der Waals surface area (Å²) in [5, 5.41) is 11.1. The fourth-order valence-electron chi connectivity index (χ4n) is 3.25. The van der Waals surface area contributed by atoms with Crippen molar-refractivity contribution < 1.29 is 18.9 Å². The second-order valence-corrected chi connectivity index (χ2v) is 7.22. The zero-order valence-corrected chi connectivity index (χ0v) is 17.7. The number of non-ortho nitro benzene ring substituents is 1. The minimum Gasteiger partial charge on any atom is -0.467 e. The van der Waals surface area contributed by atoms with E-state index in [0.29, 0.717) is 12.3 Å². The number of carbonyl (C=O) groups is 2. The molecular formula is C23H24N4O5. The lowest BCUT2D eigenvalue weighted by Gasteiger charge is -2.27. The van der Waals surface area contributed by atoms with E-state index in [4.69, 9.17) is 4.42 Å². The van der Waals surface area contributed by atoms with Crippen LogP contribution in [0.4, 0.5) is 5.69 Å². The summed E-state index contributed by atoms with van der Waals surface area (Å²) in [6, 6.07) is 12.8. The van der Waals surface area contributed by atoms with Gasteiger partial charge in [-0.1, -0.05) is 12.1 Å². The van der Waals surface area contributed by atoms with Crippen molar-refractivity contribution in [3.63, 3.8) is 0 Å². The van der Waals surface area contributed by atoms with Gasteiger partial charge in [-0.3, -0.25) is 19.7 Å². The maximum atomic E-state index is 13.2. The number of aromatic nitrogens is 1. The van der Waals surface area contributed by atoms with Gasteiger partial charge < -0.3 is 18.8 Å². The Bertz CT molecular complexity index is 1100. The van der Waals surface area contributed by atoms with E-state index in [1.165, 1.54) is 41.5 Å². The van der Waals surface area contributed by atoms with E-state index in [0.717, 1.165) is 5.69 Å². The molecule has 3 aromatic rings. The number of furan rings is 1. The first-order valence-electron chi connectivity index (χ1n) is 9.94. The van der Waals surface area contributed by atoms with Gasteiger partial charge in [0.15, 0.2) is 0 Å². The number of rotatable bonds is 10. The minimum absolute atomic E-state index is 0.117. The van der Waals surface area contributed by atoms with Gasteiger partial charge in [0.1, 0.15) is 12.3 Å². The van der Waals surface area contributed by atoms with Crippen LogP contribution < -0.4 is 0 Å². The highest BCUT2D eigenvalue weighted by Gasteiger charge is 2.24. The average molecular weight is 436 g/mol. The first-order chi connectivity index (χ1) is 15.4. The Morgan fingerprint density at radius 1 is 1.16 bits per heavy atom. The van der Waals surface area contributed by atoms with Crippen molar-refractivity contribution in [1.29, 1.82) is 0 Å². The van der Waals surface area contributed by atoms with Gasteiger partial charge in [-0.2, -0.15) is 0 Å². The average Bonchev–Trinajstić information content (AvgIpc) is 3.44. The Kier molecular flexibility index (Phi) is 7.22. The van der Waals surface area contributed by atoms with E-state index in [1.54, 1.807) is 17.0 Å². The molecule has 2 aromatic heterocycles. The monoisotopic (exact) mass is 436 g/mol. The Morgan fingerprint density at radius 2 is 1.97 bits per heavy atom. The fourth-order valence-corrected chi connectivity index (χ4v) is 3.25. The number of hydrogen-bond donors (Lipinski definition) is 0. The molecule has 0 aliphatic carbocycles. The van der Waals surface area contributed by atoms with E-state index < -0.39 is 10.8 Å². The molecule has 0 spiro atoms. The summed E-state index contributed by atoms with van der Waals surface area (Å²) in [5.41, 5.74) is 0.864. The van der Waals surface area contributed by atoms with Crippen LogP contribution in [0, 0.1) is 10.1 Å². The Balaban J connectivity index is 1.81. The lowest BCUT2D eigenvalue weighted by Crippen LogP contribution is -2.42. The zero-order chi connectivity index (χ0) is 23.1. The van der Waals surface area contributed by atoms with E-state index in [1.807, 2.05) is 29.9 Å². The van der Waals surface area contributed by atoms with Crippen LogP contribution in [0.1, 0.15) is 21.8 Å². The molecule has 9 heteroatoms. The maximum Gasteiger partial charge on any atom is 0.270 e. The Hall–Kier alpha value is -4.14. The third-order valence-corrected chi connectivity index (χ3v) is 4.95. The van der Waals surface area contributed by atoms with Gasteiger partial charge in [-0.15, -0.1) is 6.58 Å². The highest BCUT2D eigenvalue weighted by Crippen LogP contribution is 2.16. The van der Waals surface area contributed by atoms with Crippen molar-refractivity contribution >= 4 is 17.5 Å². The highest BCUT2D eigenvalue weighted by atomic mass is 16.6. The van der Waals surface area contributed by atoms with Crippen LogP contribution in [0.25, 0.3) is 0 Å². The maximum absolute atomic E-state index is 13.2. The predicted octanol–water partition coefficient (Wildman–Crippen LogP) is 3.38. The lowest BCUT2D eigenvalue weighted by molar-refractivity contribution is -0.384. The minimum atomic E-state index is -0.565. The SMILES string of the molecule is C=CCN(CC(=O)N(Cc1ccco1)Cc1cccn1C)C(=O)c1cccc([N+](=O)[O-])c1. The number of nitrogens with zero attached hydrogens (tertiary/aromatic N) is 4. The van der Waals surface area contributed by atoms with E-state index in [2.05, 4.69) is 6.58 Å². The third kappa shape index (κ3) is 5.51. The molecule has 0 unspecified atom stereocenters. The van der Waals surface area contributed by atoms with Crippen LogP contribution in [0.3, 0.4) is 0 Å². The van der Waals surface area contributed by atoms with Crippen molar-refractivity contribution in [2.75, 3.05) is 13.1 Å². The topological polar surface area (TPSA) is 102 Å². The standard InChI is InChI=1S/C23H24N4O5/c1-3-11-25(23(29)18-7-4-8-19(14-18)27(30)31)17-22(28)26(16-21-10-6-13-32-21)15-20-9-5-12-24(20)2/h3-10,12-14H,1,11,15-17H2,2H3. The molecule has 0 N–H and O–H groups in total. The second-order valence-electron chi connectivity index (χ2n) is 7.22. The lowest BCUT2D eigenvalue weighted by atomic mass is 10.1. The highest BCUT2D eigenvalue weighted by molar-refractivity contribution is 5.97. The van der Waals surface area contributed by atoms with Crippen molar-refractivity contribution in [3.8, 4) is 0 Å². The number of nitro groups is 1. The van der Waals surface area contributed by atoms with Gasteiger partial charge in [-0.25, -0.2) is 0 Å². The molecule has 0 aliphatic heterocycles. The normalized spacial score (nSPS) is 10.5. The van der Waals surface area contributed by atoms with Gasteiger partial charge in [0.2, 0.25) is 5.91 Å². The molecular weight excluding hydrogens is 412 g/mol. The first kappa shape index (κ1) is 22.5. The summed E-state index contributed by atoms with van der Waals surface area (Å²) >= 11 is 0. The van der Waals surface area contributed by atoms with Crippen LogP contribution in [0.2, 0.25) is 0 Å². The van der Waals surface area contributed by atoms with Crippen LogP contribution in [-0.2, 0) is 24.9 Å². The summed E-state index contributed by atoms with van der Waals surface area (Å²) in [6.07, 6.45) is 4.94. The van der Waals surface area contributed by atoms with Crippen LogP contribution in [0.15, 0.2) is 78.1 Å². The van der Waals surface area contributed by atoms with Gasteiger partial charge in [0, 0.05) is 43.2 Å².